The second-order valence-electron chi connectivity index (χ2n) is 7.44. The molecule has 9 heteroatoms. The highest BCUT2D eigenvalue weighted by atomic mass is 32.1. The monoisotopic (exact) mass is 465 g/mol. The van der Waals surface area contributed by atoms with E-state index in [9.17, 15) is 14.4 Å². The fourth-order valence-electron chi connectivity index (χ4n) is 3.79. The Morgan fingerprint density at radius 1 is 1.12 bits per heavy atom. The summed E-state index contributed by atoms with van der Waals surface area (Å²) in [5, 5.41) is 4.57. The van der Waals surface area contributed by atoms with Crippen molar-refractivity contribution in [3.63, 3.8) is 0 Å². The lowest BCUT2D eigenvalue weighted by Crippen LogP contribution is -2.19. The number of fused-ring (bicyclic) bond motifs is 3. The molecule has 1 aliphatic rings. The maximum absolute atomic E-state index is 12.7. The minimum absolute atomic E-state index is 0.125. The van der Waals surface area contributed by atoms with E-state index in [1.54, 1.807) is 40.8 Å². The number of thiophene rings is 1. The molecule has 1 aromatic carbocycles. The summed E-state index contributed by atoms with van der Waals surface area (Å²) in [6.45, 7) is -0.125. The molecule has 0 fully saturated rings. The molecule has 7 nitrogen and oxygen atoms in total. The van der Waals surface area contributed by atoms with E-state index in [0.29, 0.717) is 21.2 Å². The van der Waals surface area contributed by atoms with E-state index in [-0.39, 0.29) is 23.6 Å². The first-order valence-corrected chi connectivity index (χ1v) is 11.9. The topological polar surface area (TPSA) is 89.8 Å². The maximum atomic E-state index is 12.7. The lowest BCUT2D eigenvalue weighted by Gasteiger charge is -2.11. The Hall–Kier alpha value is -3.30. The third-order valence-electron chi connectivity index (χ3n) is 5.31. The number of aryl methyl sites for hydroxylation is 2. The van der Waals surface area contributed by atoms with Crippen molar-refractivity contribution in [3.05, 3.63) is 84.9 Å². The molecule has 0 saturated carbocycles. The zero-order valence-corrected chi connectivity index (χ0v) is 18.6. The quantitative estimate of drug-likeness (QED) is 0.444. The van der Waals surface area contributed by atoms with E-state index in [4.69, 9.17) is 4.74 Å². The lowest BCUT2D eigenvalue weighted by molar-refractivity contribution is 0.0469. The van der Waals surface area contributed by atoms with Crippen molar-refractivity contribution >= 4 is 45.2 Å². The van der Waals surface area contributed by atoms with Crippen molar-refractivity contribution in [2.45, 2.75) is 32.3 Å². The van der Waals surface area contributed by atoms with Gasteiger partial charge in [-0.05, 0) is 49.3 Å². The Labute approximate surface area is 191 Å². The van der Waals surface area contributed by atoms with E-state index in [2.05, 4.69) is 10.3 Å². The number of anilines is 1. The van der Waals surface area contributed by atoms with Gasteiger partial charge in [0.25, 0.3) is 11.5 Å². The Morgan fingerprint density at radius 3 is 2.81 bits per heavy atom. The fourth-order valence-corrected chi connectivity index (χ4v) is 5.65. The Kier molecular flexibility index (Phi) is 5.59. The summed E-state index contributed by atoms with van der Waals surface area (Å²) in [5.74, 6) is -0.887. The van der Waals surface area contributed by atoms with Crippen LogP contribution in [0.2, 0.25) is 0 Å². The summed E-state index contributed by atoms with van der Waals surface area (Å²) in [5.41, 5.74) is 1.92. The number of para-hydroxylation sites is 1. The molecule has 3 aromatic heterocycles. The number of benzene rings is 1. The highest BCUT2D eigenvalue weighted by Crippen LogP contribution is 2.28. The van der Waals surface area contributed by atoms with Crippen LogP contribution in [0.25, 0.3) is 4.96 Å². The molecular formula is C23H19N3O4S2. The van der Waals surface area contributed by atoms with Gasteiger partial charge in [0.05, 0.1) is 21.8 Å². The van der Waals surface area contributed by atoms with Crippen LogP contribution in [0.1, 0.15) is 49.1 Å². The molecule has 3 heterocycles. The van der Waals surface area contributed by atoms with Crippen LogP contribution < -0.4 is 10.9 Å². The predicted octanol–water partition coefficient (Wildman–Crippen LogP) is 4.31. The molecule has 0 atom stereocenters. The van der Waals surface area contributed by atoms with Crippen molar-refractivity contribution < 1.29 is 14.3 Å². The van der Waals surface area contributed by atoms with Gasteiger partial charge in [-0.1, -0.05) is 18.2 Å². The zero-order valence-electron chi connectivity index (χ0n) is 17.0. The van der Waals surface area contributed by atoms with Gasteiger partial charge in [0.15, 0.2) is 4.96 Å². The van der Waals surface area contributed by atoms with E-state index in [1.807, 2.05) is 5.38 Å². The second-order valence-corrected chi connectivity index (χ2v) is 9.45. The van der Waals surface area contributed by atoms with Gasteiger partial charge in [-0.25, -0.2) is 9.78 Å². The van der Waals surface area contributed by atoms with Crippen molar-refractivity contribution in [2.24, 2.45) is 0 Å². The van der Waals surface area contributed by atoms with Crippen LogP contribution >= 0.6 is 22.7 Å². The van der Waals surface area contributed by atoms with Gasteiger partial charge in [-0.2, -0.15) is 0 Å². The van der Waals surface area contributed by atoms with Gasteiger partial charge < -0.3 is 10.1 Å². The molecule has 0 radical (unpaired) electrons. The molecular weight excluding hydrogens is 446 g/mol. The van der Waals surface area contributed by atoms with Crippen molar-refractivity contribution in [2.75, 3.05) is 5.32 Å². The molecule has 5 rings (SSSR count). The van der Waals surface area contributed by atoms with Gasteiger partial charge in [0, 0.05) is 16.6 Å². The molecule has 0 spiro atoms. The first-order valence-electron chi connectivity index (χ1n) is 10.2. The summed E-state index contributed by atoms with van der Waals surface area (Å²) >= 11 is 2.85. The van der Waals surface area contributed by atoms with Crippen LogP contribution in [0.5, 0.6) is 0 Å². The number of ether oxygens (including phenoxy) is 1. The molecule has 162 valence electrons. The molecule has 32 heavy (non-hydrogen) atoms. The number of nitrogens with zero attached hydrogens (tertiary/aromatic N) is 2. The average Bonchev–Trinajstić information content (AvgIpc) is 3.46. The van der Waals surface area contributed by atoms with Gasteiger partial charge >= 0.3 is 5.97 Å². The third-order valence-corrected chi connectivity index (χ3v) is 7.32. The number of aromatic nitrogens is 2. The SMILES string of the molecule is O=C(Nc1ccccc1C(=O)OCc1cc(=O)n2c3c(sc2n1)CCCC3)c1cccs1. The number of esters is 1. The second kappa shape index (κ2) is 8.68. The van der Waals surface area contributed by atoms with Gasteiger partial charge in [-0.3, -0.25) is 14.0 Å². The van der Waals surface area contributed by atoms with Crippen LogP contribution in [0.3, 0.4) is 0 Å². The van der Waals surface area contributed by atoms with Crippen LogP contribution in [0.4, 0.5) is 5.69 Å². The number of carbonyl (C=O) groups excluding carboxylic acids is 2. The molecule has 0 saturated heterocycles. The standard InChI is InChI=1S/C23H19N3O4S2/c27-20-12-14(24-23-26(20)17-8-3-4-9-18(17)32-23)13-30-22(29)15-6-1-2-7-16(15)25-21(28)19-10-5-11-31-19/h1-2,5-7,10-12H,3-4,8-9,13H2,(H,25,28). The van der Waals surface area contributed by atoms with Crippen molar-refractivity contribution in [1.82, 2.24) is 9.38 Å². The minimum atomic E-state index is -0.598. The molecule has 1 amide bonds. The Morgan fingerprint density at radius 2 is 1.97 bits per heavy atom. The van der Waals surface area contributed by atoms with Crippen LogP contribution in [-0.2, 0) is 24.2 Å². The van der Waals surface area contributed by atoms with E-state index < -0.39 is 5.97 Å². The van der Waals surface area contributed by atoms with Crippen molar-refractivity contribution in [1.29, 1.82) is 0 Å². The molecule has 1 aliphatic carbocycles. The Bertz CT molecular complexity index is 1370. The predicted molar refractivity (Wildman–Crippen MR) is 124 cm³/mol. The summed E-state index contributed by atoms with van der Waals surface area (Å²) in [6.07, 6.45) is 4.06. The zero-order chi connectivity index (χ0) is 22.1. The first-order chi connectivity index (χ1) is 15.6. The molecule has 0 bridgehead atoms. The number of carbonyl (C=O) groups is 2. The third kappa shape index (κ3) is 3.96. The number of amides is 1. The molecule has 0 unspecified atom stereocenters. The number of hydrogen-bond acceptors (Lipinski definition) is 7. The van der Waals surface area contributed by atoms with Crippen LogP contribution in [0, 0.1) is 0 Å². The number of nitrogens with one attached hydrogen (secondary N) is 1. The smallest absolute Gasteiger partial charge is 0.340 e. The van der Waals surface area contributed by atoms with Gasteiger partial charge in [0.2, 0.25) is 0 Å². The fraction of sp³-hybridized carbons (Fsp3) is 0.217. The van der Waals surface area contributed by atoms with Crippen molar-refractivity contribution in [3.8, 4) is 0 Å². The number of thiazole rings is 1. The normalized spacial score (nSPS) is 13.0. The van der Waals surface area contributed by atoms with Gasteiger partial charge in [0.1, 0.15) is 6.61 Å². The van der Waals surface area contributed by atoms with Crippen LogP contribution in [-0.4, -0.2) is 21.3 Å². The molecule has 1 N–H and O–H groups in total. The summed E-state index contributed by atoms with van der Waals surface area (Å²) in [6, 6.07) is 11.6. The lowest BCUT2D eigenvalue weighted by atomic mass is 10.0. The number of rotatable bonds is 5. The van der Waals surface area contributed by atoms with Crippen LogP contribution in [0.15, 0.2) is 52.6 Å². The largest absolute Gasteiger partial charge is 0.456 e. The summed E-state index contributed by atoms with van der Waals surface area (Å²) in [7, 11) is 0. The molecule has 4 aromatic rings. The summed E-state index contributed by atoms with van der Waals surface area (Å²) in [4.78, 5) is 44.7. The highest BCUT2D eigenvalue weighted by Gasteiger charge is 2.20. The van der Waals surface area contributed by atoms with E-state index in [0.717, 1.165) is 31.4 Å². The minimum Gasteiger partial charge on any atom is -0.456 e. The average molecular weight is 466 g/mol. The van der Waals surface area contributed by atoms with E-state index in [1.165, 1.54) is 33.6 Å². The molecule has 0 aliphatic heterocycles. The summed E-state index contributed by atoms with van der Waals surface area (Å²) < 4.78 is 7.12. The Balaban J connectivity index is 1.34. The number of hydrogen-bond donors (Lipinski definition) is 1. The first kappa shape index (κ1) is 20.6. The highest BCUT2D eigenvalue weighted by molar-refractivity contribution is 7.17. The van der Waals surface area contributed by atoms with Gasteiger partial charge in [-0.15, -0.1) is 22.7 Å². The van der Waals surface area contributed by atoms with E-state index >= 15 is 0 Å². The maximum Gasteiger partial charge on any atom is 0.340 e.